The molecule has 7 nitrogen and oxygen atoms in total. The van der Waals surface area contributed by atoms with Gasteiger partial charge in [-0.3, -0.25) is 9.59 Å². The molecular formula is C29H20FN5O2. The minimum Gasteiger partial charge on any atom is -0.366 e. The summed E-state index contributed by atoms with van der Waals surface area (Å²) in [7, 11) is 0. The van der Waals surface area contributed by atoms with Crippen LogP contribution in [0.25, 0.3) is 33.2 Å². The first-order valence-electron chi connectivity index (χ1n) is 11.5. The minimum atomic E-state index is -0.451. The standard InChI is InChI=1S/C29H20FN5O2/c30-22-4-1-18(2-5-22)29(37)33-23-6-12-27-21(16-23)17-32-35(27)25-9-7-24(8-10-25)34-14-13-19-15-20(28(31)36)3-11-26(19)34/h1-17H,(H2,31,36)(H,33,37). The predicted octanol–water partition coefficient (Wildman–Crippen LogP) is 5.46. The summed E-state index contributed by atoms with van der Waals surface area (Å²) in [6, 6.07) is 26.3. The van der Waals surface area contributed by atoms with Crippen LogP contribution in [0.2, 0.25) is 0 Å². The molecule has 0 atom stereocenters. The van der Waals surface area contributed by atoms with Gasteiger partial charge < -0.3 is 15.6 Å². The molecule has 0 bridgehead atoms. The van der Waals surface area contributed by atoms with Gasteiger partial charge in [-0.05, 0) is 91.0 Å². The van der Waals surface area contributed by atoms with E-state index in [-0.39, 0.29) is 11.7 Å². The second kappa shape index (κ2) is 8.76. The van der Waals surface area contributed by atoms with Gasteiger partial charge in [-0.15, -0.1) is 0 Å². The largest absolute Gasteiger partial charge is 0.366 e. The minimum absolute atomic E-state index is 0.314. The number of fused-ring (bicyclic) bond motifs is 2. The molecule has 2 aromatic heterocycles. The Morgan fingerprint density at radius 3 is 2.22 bits per heavy atom. The van der Waals surface area contributed by atoms with E-state index in [1.54, 1.807) is 18.3 Å². The van der Waals surface area contributed by atoms with Crippen LogP contribution in [0.5, 0.6) is 0 Å². The molecule has 2 amide bonds. The van der Waals surface area contributed by atoms with Crippen LogP contribution in [0.4, 0.5) is 10.1 Å². The molecule has 2 heterocycles. The number of benzene rings is 4. The van der Waals surface area contributed by atoms with Crippen molar-refractivity contribution in [3.63, 3.8) is 0 Å². The van der Waals surface area contributed by atoms with E-state index in [2.05, 4.69) is 10.4 Å². The van der Waals surface area contributed by atoms with Crippen LogP contribution in [0.3, 0.4) is 0 Å². The van der Waals surface area contributed by atoms with Crippen LogP contribution in [-0.4, -0.2) is 26.2 Å². The summed E-state index contributed by atoms with van der Waals surface area (Å²) < 4.78 is 17.0. The summed E-state index contributed by atoms with van der Waals surface area (Å²) in [4.78, 5) is 23.9. The van der Waals surface area contributed by atoms with Gasteiger partial charge in [0, 0.05) is 39.5 Å². The van der Waals surface area contributed by atoms with Crippen LogP contribution in [0, 0.1) is 5.82 Å². The molecule has 6 aromatic rings. The number of nitrogens with one attached hydrogen (secondary N) is 1. The van der Waals surface area contributed by atoms with Crippen LogP contribution in [0.15, 0.2) is 103 Å². The van der Waals surface area contributed by atoms with Gasteiger partial charge in [-0.1, -0.05) is 0 Å². The maximum atomic E-state index is 13.1. The molecule has 0 aliphatic rings. The topological polar surface area (TPSA) is 94.9 Å². The van der Waals surface area contributed by atoms with Gasteiger partial charge in [-0.25, -0.2) is 9.07 Å². The van der Waals surface area contributed by atoms with E-state index in [1.807, 2.05) is 70.0 Å². The lowest BCUT2D eigenvalue weighted by Crippen LogP contribution is -2.11. The molecule has 0 saturated heterocycles. The second-order valence-corrected chi connectivity index (χ2v) is 8.63. The summed E-state index contributed by atoms with van der Waals surface area (Å²) >= 11 is 0. The van der Waals surface area contributed by atoms with E-state index in [0.29, 0.717) is 16.8 Å². The first-order chi connectivity index (χ1) is 18.0. The van der Waals surface area contributed by atoms with E-state index in [9.17, 15) is 14.0 Å². The Hall–Kier alpha value is -5.24. The van der Waals surface area contributed by atoms with Gasteiger partial charge in [-0.2, -0.15) is 5.10 Å². The fraction of sp³-hybridized carbons (Fsp3) is 0. The van der Waals surface area contributed by atoms with E-state index < -0.39 is 5.91 Å². The fourth-order valence-electron chi connectivity index (χ4n) is 4.40. The molecular weight excluding hydrogens is 469 g/mol. The maximum Gasteiger partial charge on any atom is 0.255 e. The number of carbonyl (C=O) groups is 2. The Kier molecular flexibility index (Phi) is 5.27. The van der Waals surface area contributed by atoms with Crippen molar-refractivity contribution >= 4 is 39.3 Å². The van der Waals surface area contributed by atoms with Gasteiger partial charge >= 0.3 is 0 Å². The van der Waals surface area contributed by atoms with Gasteiger partial charge in [0.2, 0.25) is 5.91 Å². The van der Waals surface area contributed by atoms with Gasteiger partial charge in [0.15, 0.2) is 0 Å². The smallest absolute Gasteiger partial charge is 0.255 e. The first-order valence-corrected chi connectivity index (χ1v) is 11.5. The SMILES string of the molecule is NC(=O)c1ccc2c(ccn2-c2ccc(-n3ncc4cc(NC(=O)c5ccc(F)cc5)ccc43)cc2)c1. The van der Waals surface area contributed by atoms with E-state index >= 15 is 0 Å². The lowest BCUT2D eigenvalue weighted by Gasteiger charge is -2.09. The molecule has 4 aromatic carbocycles. The zero-order chi connectivity index (χ0) is 25.5. The number of hydrogen-bond acceptors (Lipinski definition) is 3. The van der Waals surface area contributed by atoms with Crippen molar-refractivity contribution in [2.45, 2.75) is 0 Å². The van der Waals surface area contributed by atoms with Crippen molar-refractivity contribution in [1.29, 1.82) is 0 Å². The van der Waals surface area contributed by atoms with Gasteiger partial charge in [0.05, 0.1) is 22.9 Å². The summed E-state index contributed by atoms with van der Waals surface area (Å²) in [5.74, 6) is -1.16. The highest BCUT2D eigenvalue weighted by molar-refractivity contribution is 6.05. The Labute approximate surface area is 210 Å². The number of amides is 2. The monoisotopic (exact) mass is 489 g/mol. The number of aromatic nitrogens is 3. The summed E-state index contributed by atoms with van der Waals surface area (Å²) in [5, 5.41) is 9.17. The highest BCUT2D eigenvalue weighted by Gasteiger charge is 2.11. The number of rotatable bonds is 5. The lowest BCUT2D eigenvalue weighted by atomic mass is 10.1. The normalized spacial score (nSPS) is 11.2. The average Bonchev–Trinajstić information content (AvgIpc) is 3.53. The molecule has 0 spiro atoms. The molecule has 0 radical (unpaired) electrons. The second-order valence-electron chi connectivity index (χ2n) is 8.63. The quantitative estimate of drug-likeness (QED) is 0.337. The maximum absolute atomic E-state index is 13.1. The van der Waals surface area contributed by atoms with Crippen molar-refractivity contribution < 1.29 is 14.0 Å². The number of anilines is 1. The van der Waals surface area contributed by atoms with Gasteiger partial charge in [0.1, 0.15) is 5.82 Å². The van der Waals surface area contributed by atoms with Crippen molar-refractivity contribution in [1.82, 2.24) is 14.3 Å². The summed E-state index contributed by atoms with van der Waals surface area (Å²) in [5.41, 5.74) is 10.6. The molecule has 37 heavy (non-hydrogen) atoms. The van der Waals surface area contributed by atoms with E-state index in [0.717, 1.165) is 33.2 Å². The number of nitrogens with zero attached hydrogens (tertiary/aromatic N) is 3. The summed E-state index contributed by atoms with van der Waals surface area (Å²) in [6.07, 6.45) is 3.70. The molecule has 0 unspecified atom stereocenters. The number of hydrogen-bond donors (Lipinski definition) is 2. The zero-order valence-corrected chi connectivity index (χ0v) is 19.4. The molecule has 6 rings (SSSR count). The van der Waals surface area contributed by atoms with Crippen LogP contribution in [0.1, 0.15) is 20.7 Å². The van der Waals surface area contributed by atoms with Crippen molar-refractivity contribution in [3.05, 3.63) is 120 Å². The van der Waals surface area contributed by atoms with Crippen LogP contribution < -0.4 is 11.1 Å². The Bertz CT molecular complexity index is 1800. The molecule has 180 valence electrons. The highest BCUT2D eigenvalue weighted by atomic mass is 19.1. The Morgan fingerprint density at radius 1 is 0.757 bits per heavy atom. The zero-order valence-electron chi connectivity index (χ0n) is 19.4. The molecule has 3 N–H and O–H groups in total. The third-order valence-electron chi connectivity index (χ3n) is 6.28. The number of halogens is 1. The van der Waals surface area contributed by atoms with E-state index in [1.165, 1.54) is 24.3 Å². The van der Waals surface area contributed by atoms with E-state index in [4.69, 9.17) is 5.73 Å². The third-order valence-corrected chi connectivity index (χ3v) is 6.28. The number of nitrogens with two attached hydrogens (primary N) is 1. The predicted molar refractivity (Wildman–Crippen MR) is 141 cm³/mol. The summed E-state index contributed by atoms with van der Waals surface area (Å²) in [6.45, 7) is 0. The number of primary amides is 1. The molecule has 0 aliphatic carbocycles. The fourth-order valence-corrected chi connectivity index (χ4v) is 4.40. The third kappa shape index (κ3) is 4.10. The number of carbonyl (C=O) groups excluding carboxylic acids is 2. The molecule has 8 heteroatoms. The molecule has 0 fully saturated rings. The van der Waals surface area contributed by atoms with Crippen molar-refractivity contribution in [3.8, 4) is 11.4 Å². The highest BCUT2D eigenvalue weighted by Crippen LogP contribution is 2.25. The van der Waals surface area contributed by atoms with Crippen molar-refractivity contribution in [2.24, 2.45) is 5.73 Å². The van der Waals surface area contributed by atoms with Crippen molar-refractivity contribution in [2.75, 3.05) is 5.32 Å². The lowest BCUT2D eigenvalue weighted by molar-refractivity contribution is 0.0997. The molecule has 0 aliphatic heterocycles. The first kappa shape index (κ1) is 22.2. The molecule has 0 saturated carbocycles. The van der Waals surface area contributed by atoms with Crippen LogP contribution >= 0.6 is 0 Å². The van der Waals surface area contributed by atoms with Crippen LogP contribution in [-0.2, 0) is 0 Å². The van der Waals surface area contributed by atoms with Gasteiger partial charge in [0.25, 0.3) is 5.91 Å². The average molecular weight is 490 g/mol. The Morgan fingerprint density at radius 2 is 1.46 bits per heavy atom. The Balaban J connectivity index is 1.25.